The van der Waals surface area contributed by atoms with Crippen molar-refractivity contribution in [3.63, 3.8) is 0 Å². The monoisotopic (exact) mass is 355 g/mol. The Balaban J connectivity index is 1.92. The summed E-state index contributed by atoms with van der Waals surface area (Å²) in [5.41, 5.74) is 0.719. The summed E-state index contributed by atoms with van der Waals surface area (Å²) in [6, 6.07) is 12.5. The summed E-state index contributed by atoms with van der Waals surface area (Å²) in [6.07, 6.45) is 1.50. The quantitative estimate of drug-likeness (QED) is 0.713. The molecule has 0 fully saturated rings. The number of aliphatic hydroxyl groups is 1. The second-order valence-electron chi connectivity index (χ2n) is 5.67. The molecule has 126 valence electrons. The van der Waals surface area contributed by atoms with Crippen LogP contribution in [0.1, 0.15) is 15.9 Å². The first-order valence-electron chi connectivity index (χ1n) is 7.45. The van der Waals surface area contributed by atoms with Gasteiger partial charge in [-0.15, -0.1) is 0 Å². The van der Waals surface area contributed by atoms with Gasteiger partial charge in [0.1, 0.15) is 11.3 Å². The van der Waals surface area contributed by atoms with Gasteiger partial charge in [-0.05, 0) is 36.4 Å². The van der Waals surface area contributed by atoms with Crippen molar-refractivity contribution in [3.8, 4) is 0 Å². The van der Waals surface area contributed by atoms with Crippen molar-refractivity contribution in [1.29, 1.82) is 0 Å². The van der Waals surface area contributed by atoms with E-state index in [9.17, 15) is 18.3 Å². The molecule has 0 atom stereocenters. The van der Waals surface area contributed by atoms with Gasteiger partial charge in [-0.2, -0.15) is 0 Å². The summed E-state index contributed by atoms with van der Waals surface area (Å²) in [5.74, 6) is -0.939. The van der Waals surface area contributed by atoms with Crippen molar-refractivity contribution < 1.29 is 22.7 Å². The third-order valence-electron chi connectivity index (χ3n) is 4.25. The van der Waals surface area contributed by atoms with Gasteiger partial charge >= 0.3 is 0 Å². The Hall–Kier alpha value is -3.06. The van der Waals surface area contributed by atoms with Crippen LogP contribution >= 0.6 is 0 Å². The lowest BCUT2D eigenvalue weighted by Crippen LogP contribution is -2.35. The number of Topliss-reactive ketones (excluding diaryl/α,β-unsaturated/α-hetero) is 1. The van der Waals surface area contributed by atoms with Crippen molar-refractivity contribution in [2.75, 3.05) is 7.05 Å². The Kier molecular flexibility index (Phi) is 3.23. The van der Waals surface area contributed by atoms with Crippen LogP contribution in [0.5, 0.6) is 0 Å². The summed E-state index contributed by atoms with van der Waals surface area (Å²) in [4.78, 5) is 12.9. The number of hydrogen-bond acceptors (Lipinski definition) is 5. The molecule has 25 heavy (non-hydrogen) atoms. The fourth-order valence-corrected chi connectivity index (χ4v) is 4.32. The Morgan fingerprint density at radius 3 is 2.68 bits per heavy atom. The molecule has 1 aliphatic heterocycles. The van der Waals surface area contributed by atoms with E-state index < -0.39 is 15.8 Å². The molecular weight excluding hydrogens is 342 g/mol. The van der Waals surface area contributed by atoms with E-state index in [1.807, 2.05) is 0 Å². The second kappa shape index (κ2) is 5.22. The molecule has 0 amide bonds. The number of aliphatic hydroxyl groups excluding tert-OH is 1. The average Bonchev–Trinajstić information content (AvgIpc) is 3.08. The smallest absolute Gasteiger partial charge is 0.265 e. The lowest BCUT2D eigenvalue weighted by molar-refractivity contribution is 0.101. The number of hydrogen-bond donors (Lipinski definition) is 1. The lowest BCUT2D eigenvalue weighted by atomic mass is 10.0. The van der Waals surface area contributed by atoms with Crippen LogP contribution in [0.4, 0.5) is 0 Å². The molecular formula is C18H13NO5S. The number of likely N-dealkylation sites (N-methyl/N-ethyl adjacent to an activating group) is 1. The molecule has 2 heterocycles. The molecule has 7 heteroatoms. The summed E-state index contributed by atoms with van der Waals surface area (Å²) in [5, 5.41) is 11.3. The predicted molar refractivity (Wildman–Crippen MR) is 91.5 cm³/mol. The number of carbonyl (C=O) groups excluding carboxylic acids is 1. The van der Waals surface area contributed by atoms with Crippen LogP contribution in [0, 0.1) is 0 Å². The van der Waals surface area contributed by atoms with Crippen LogP contribution in [0.15, 0.2) is 69.8 Å². The lowest BCUT2D eigenvalue weighted by Gasteiger charge is -2.28. The number of allylic oxidation sites excluding steroid dienone is 1. The van der Waals surface area contributed by atoms with Crippen LogP contribution < -0.4 is 0 Å². The Bertz CT molecular complexity index is 1160. The zero-order valence-corrected chi connectivity index (χ0v) is 13.9. The molecule has 2 aromatic carbocycles. The summed E-state index contributed by atoms with van der Waals surface area (Å²) in [6.45, 7) is 0. The number of rotatable bonds is 2. The van der Waals surface area contributed by atoms with Crippen LogP contribution in [-0.2, 0) is 10.0 Å². The van der Waals surface area contributed by atoms with E-state index in [4.69, 9.17) is 4.42 Å². The molecule has 0 saturated carbocycles. The molecule has 0 saturated heterocycles. The molecule has 3 aromatic rings. The van der Waals surface area contributed by atoms with Crippen molar-refractivity contribution in [1.82, 2.24) is 4.31 Å². The highest BCUT2D eigenvalue weighted by Gasteiger charge is 2.37. The van der Waals surface area contributed by atoms with Crippen LogP contribution in [0.3, 0.4) is 0 Å². The van der Waals surface area contributed by atoms with E-state index in [0.29, 0.717) is 11.0 Å². The molecule has 0 radical (unpaired) electrons. The summed E-state index contributed by atoms with van der Waals surface area (Å²) < 4.78 is 31.4. The van der Waals surface area contributed by atoms with Gasteiger partial charge in [0.05, 0.1) is 11.2 Å². The highest BCUT2D eigenvalue weighted by molar-refractivity contribution is 7.89. The number of nitrogens with zero attached hydrogens (tertiary/aromatic N) is 1. The van der Waals surface area contributed by atoms with Crippen molar-refractivity contribution in [2.24, 2.45) is 0 Å². The first-order valence-corrected chi connectivity index (χ1v) is 8.89. The highest BCUT2D eigenvalue weighted by Crippen LogP contribution is 2.35. The van der Waals surface area contributed by atoms with E-state index in [-0.39, 0.29) is 27.5 Å². The number of sulfonamides is 1. The third kappa shape index (κ3) is 2.16. The number of ketones is 1. The van der Waals surface area contributed by atoms with E-state index in [1.54, 1.807) is 30.3 Å². The highest BCUT2D eigenvalue weighted by atomic mass is 32.2. The van der Waals surface area contributed by atoms with Gasteiger partial charge in [-0.3, -0.25) is 9.10 Å². The van der Waals surface area contributed by atoms with Gasteiger partial charge in [0.2, 0.25) is 5.78 Å². The maximum atomic E-state index is 12.9. The third-order valence-corrected chi connectivity index (χ3v) is 6.06. The van der Waals surface area contributed by atoms with E-state index in [1.165, 1.54) is 31.5 Å². The number of carbonyl (C=O) groups is 1. The number of fused-ring (bicyclic) bond motifs is 2. The van der Waals surface area contributed by atoms with E-state index >= 15 is 0 Å². The molecule has 1 aliphatic rings. The Labute approximate surface area is 143 Å². The minimum absolute atomic E-state index is 0.0307. The van der Waals surface area contributed by atoms with Gasteiger partial charge in [-0.1, -0.05) is 12.1 Å². The molecule has 4 rings (SSSR count). The Morgan fingerprint density at radius 1 is 1.12 bits per heavy atom. The molecule has 6 nitrogen and oxygen atoms in total. The van der Waals surface area contributed by atoms with Crippen LogP contribution in [-0.4, -0.2) is 30.7 Å². The standard InChI is InChI=1S/C18H13NO5S/c1-19-16(17(20)12-6-7-14-11(10-12)8-9-24-14)18(21)13-4-2-3-5-15(13)25(19,22)23/h2-10,21H,1H3. The van der Waals surface area contributed by atoms with Crippen molar-refractivity contribution in [3.05, 3.63) is 71.6 Å². The minimum Gasteiger partial charge on any atom is -0.505 e. The number of benzene rings is 2. The SMILES string of the molecule is CN1C(C(=O)c2ccc3occc3c2)=C(O)c2ccccc2S1(=O)=O. The first-order chi connectivity index (χ1) is 11.9. The maximum Gasteiger partial charge on any atom is 0.265 e. The summed E-state index contributed by atoms with van der Waals surface area (Å²) in [7, 11) is -2.66. The van der Waals surface area contributed by atoms with Gasteiger partial charge < -0.3 is 9.52 Å². The van der Waals surface area contributed by atoms with Gasteiger partial charge in [0.15, 0.2) is 5.76 Å². The zero-order chi connectivity index (χ0) is 17.8. The first kappa shape index (κ1) is 15.5. The van der Waals surface area contributed by atoms with Gasteiger partial charge in [0.25, 0.3) is 10.0 Å². The second-order valence-corrected chi connectivity index (χ2v) is 7.61. The molecule has 0 aliphatic carbocycles. The normalized spacial score (nSPS) is 16.1. The summed E-state index contributed by atoms with van der Waals surface area (Å²) >= 11 is 0. The largest absolute Gasteiger partial charge is 0.505 e. The van der Waals surface area contributed by atoms with Crippen LogP contribution in [0.2, 0.25) is 0 Å². The Morgan fingerprint density at radius 2 is 1.88 bits per heavy atom. The molecule has 0 spiro atoms. The number of furan rings is 1. The zero-order valence-electron chi connectivity index (χ0n) is 13.1. The maximum absolute atomic E-state index is 12.9. The fourth-order valence-electron chi connectivity index (χ4n) is 2.93. The molecule has 1 N–H and O–H groups in total. The van der Waals surface area contributed by atoms with Gasteiger partial charge in [0, 0.05) is 23.6 Å². The van der Waals surface area contributed by atoms with Crippen molar-refractivity contribution in [2.45, 2.75) is 4.90 Å². The molecule has 1 aromatic heterocycles. The predicted octanol–water partition coefficient (Wildman–Crippen LogP) is 3.18. The van der Waals surface area contributed by atoms with E-state index in [2.05, 4.69) is 0 Å². The van der Waals surface area contributed by atoms with Crippen molar-refractivity contribution >= 4 is 32.5 Å². The van der Waals surface area contributed by atoms with Gasteiger partial charge in [-0.25, -0.2) is 8.42 Å². The average molecular weight is 355 g/mol. The molecule has 0 unspecified atom stereocenters. The molecule has 0 bridgehead atoms. The van der Waals surface area contributed by atoms with E-state index in [0.717, 1.165) is 4.31 Å². The van der Waals surface area contributed by atoms with Crippen LogP contribution in [0.25, 0.3) is 16.7 Å². The minimum atomic E-state index is -3.91. The fraction of sp³-hybridized carbons (Fsp3) is 0.0556. The topological polar surface area (TPSA) is 87.8 Å².